The van der Waals surface area contributed by atoms with Gasteiger partial charge in [0.05, 0.1) is 14.2 Å². The molecule has 120 valence electrons. The largest absolute Gasteiger partial charge is 0.493 e. The molecule has 1 aliphatic heterocycles. The molecule has 0 atom stereocenters. The summed E-state index contributed by atoms with van der Waals surface area (Å²) in [7, 11) is 3.37. The Morgan fingerprint density at radius 1 is 1.32 bits per heavy atom. The number of nitrogens with two attached hydrogens (primary N) is 1. The number of hydrogen-bond donors (Lipinski definition) is 1. The standard InChI is InChI=1S/C15H19N3O2S.ClH/c1-19-13-4-3-10-8-18(6-5-12(10)14(13)20-2)9-11-7-17-15(16)21-11;/h3-4,7H,5-6,8-9H2,1-2H3,(H2,16,17);1H. The van der Waals surface area contributed by atoms with E-state index in [4.69, 9.17) is 15.2 Å². The number of fused-ring (bicyclic) bond motifs is 1. The van der Waals surface area contributed by atoms with Crippen molar-refractivity contribution < 1.29 is 9.47 Å². The number of nitrogen functional groups attached to an aromatic ring is 1. The molecule has 2 aromatic rings. The third-order valence-corrected chi connectivity index (χ3v) is 4.58. The van der Waals surface area contributed by atoms with Gasteiger partial charge in [-0.1, -0.05) is 6.07 Å². The van der Waals surface area contributed by atoms with E-state index in [-0.39, 0.29) is 12.4 Å². The summed E-state index contributed by atoms with van der Waals surface area (Å²) in [5.41, 5.74) is 8.25. The predicted octanol–water partition coefficient (Wildman–Crippen LogP) is 2.72. The minimum Gasteiger partial charge on any atom is -0.493 e. The zero-order valence-electron chi connectivity index (χ0n) is 12.7. The van der Waals surface area contributed by atoms with Gasteiger partial charge in [-0.05, 0) is 18.1 Å². The first kappa shape index (κ1) is 16.9. The fourth-order valence-corrected chi connectivity index (χ4v) is 3.52. The molecular weight excluding hydrogens is 322 g/mol. The minimum absolute atomic E-state index is 0. The maximum atomic E-state index is 5.69. The zero-order valence-corrected chi connectivity index (χ0v) is 14.3. The van der Waals surface area contributed by atoms with E-state index >= 15 is 0 Å². The van der Waals surface area contributed by atoms with Crippen molar-refractivity contribution in [3.05, 3.63) is 34.3 Å². The highest BCUT2D eigenvalue weighted by Crippen LogP contribution is 2.36. The van der Waals surface area contributed by atoms with Crippen molar-refractivity contribution in [2.24, 2.45) is 0 Å². The first-order valence-electron chi connectivity index (χ1n) is 6.86. The lowest BCUT2D eigenvalue weighted by atomic mass is 9.98. The van der Waals surface area contributed by atoms with Gasteiger partial charge < -0.3 is 15.2 Å². The SMILES string of the molecule is COc1ccc2c(c1OC)CCN(Cc1cnc(N)s1)C2.Cl. The number of methoxy groups -OCH3 is 2. The molecule has 1 aromatic carbocycles. The van der Waals surface area contributed by atoms with Crippen molar-refractivity contribution in [1.82, 2.24) is 9.88 Å². The number of anilines is 1. The first-order valence-corrected chi connectivity index (χ1v) is 7.68. The average Bonchev–Trinajstić information content (AvgIpc) is 2.90. The molecule has 3 rings (SSSR count). The number of aromatic nitrogens is 1. The summed E-state index contributed by atoms with van der Waals surface area (Å²) in [4.78, 5) is 7.72. The molecule has 5 nitrogen and oxygen atoms in total. The smallest absolute Gasteiger partial charge is 0.180 e. The van der Waals surface area contributed by atoms with E-state index in [1.165, 1.54) is 16.0 Å². The Kier molecular flexibility index (Phi) is 5.50. The van der Waals surface area contributed by atoms with Crippen LogP contribution < -0.4 is 15.2 Å². The molecule has 2 N–H and O–H groups in total. The van der Waals surface area contributed by atoms with Gasteiger partial charge in [-0.15, -0.1) is 23.7 Å². The molecule has 0 saturated heterocycles. The second-order valence-corrected chi connectivity index (χ2v) is 6.21. The maximum absolute atomic E-state index is 5.69. The van der Waals surface area contributed by atoms with Crippen molar-refractivity contribution in [2.45, 2.75) is 19.5 Å². The van der Waals surface area contributed by atoms with Crippen LogP contribution in [0.4, 0.5) is 5.13 Å². The van der Waals surface area contributed by atoms with Crippen LogP contribution in [0.3, 0.4) is 0 Å². The maximum Gasteiger partial charge on any atom is 0.180 e. The molecule has 1 aliphatic rings. The molecule has 0 unspecified atom stereocenters. The van der Waals surface area contributed by atoms with Gasteiger partial charge in [0.1, 0.15) is 0 Å². The van der Waals surface area contributed by atoms with E-state index in [1.807, 2.05) is 12.3 Å². The number of hydrogen-bond acceptors (Lipinski definition) is 6. The summed E-state index contributed by atoms with van der Waals surface area (Å²) in [6, 6.07) is 4.11. The van der Waals surface area contributed by atoms with E-state index in [0.29, 0.717) is 5.13 Å². The Morgan fingerprint density at radius 3 is 2.77 bits per heavy atom. The van der Waals surface area contributed by atoms with Crippen LogP contribution in [-0.4, -0.2) is 30.6 Å². The lowest BCUT2D eigenvalue weighted by molar-refractivity contribution is 0.243. The molecule has 22 heavy (non-hydrogen) atoms. The lowest BCUT2D eigenvalue weighted by Crippen LogP contribution is -2.30. The molecule has 7 heteroatoms. The number of ether oxygens (including phenoxy) is 2. The van der Waals surface area contributed by atoms with Crippen LogP contribution in [0.1, 0.15) is 16.0 Å². The Labute approximate surface area is 140 Å². The molecule has 0 spiro atoms. The molecule has 0 saturated carbocycles. The van der Waals surface area contributed by atoms with Crippen molar-refractivity contribution >= 4 is 28.9 Å². The third-order valence-electron chi connectivity index (χ3n) is 3.77. The van der Waals surface area contributed by atoms with E-state index in [0.717, 1.165) is 37.6 Å². The number of nitrogens with zero attached hydrogens (tertiary/aromatic N) is 2. The average molecular weight is 342 g/mol. The molecule has 2 heterocycles. The van der Waals surface area contributed by atoms with Crippen molar-refractivity contribution in [3.63, 3.8) is 0 Å². The van der Waals surface area contributed by atoms with Crippen LogP contribution >= 0.6 is 23.7 Å². The van der Waals surface area contributed by atoms with E-state index in [2.05, 4.69) is 16.0 Å². The monoisotopic (exact) mass is 341 g/mol. The Hall–Kier alpha value is -1.50. The van der Waals surface area contributed by atoms with Crippen LogP contribution in [0.15, 0.2) is 18.3 Å². The van der Waals surface area contributed by atoms with Crippen molar-refractivity contribution in [1.29, 1.82) is 0 Å². The van der Waals surface area contributed by atoms with E-state index in [9.17, 15) is 0 Å². The highest BCUT2D eigenvalue weighted by Gasteiger charge is 2.22. The van der Waals surface area contributed by atoms with Gasteiger partial charge in [-0.3, -0.25) is 4.90 Å². The summed E-state index contributed by atoms with van der Waals surface area (Å²) in [6.45, 7) is 2.80. The van der Waals surface area contributed by atoms with Gasteiger partial charge in [0.15, 0.2) is 16.6 Å². The quantitative estimate of drug-likeness (QED) is 0.926. The van der Waals surface area contributed by atoms with E-state index in [1.54, 1.807) is 25.6 Å². The first-order chi connectivity index (χ1) is 10.2. The van der Waals surface area contributed by atoms with E-state index < -0.39 is 0 Å². The minimum atomic E-state index is 0. The van der Waals surface area contributed by atoms with Gasteiger partial charge in [0, 0.05) is 36.3 Å². The molecule has 1 aromatic heterocycles. The van der Waals surface area contributed by atoms with Crippen LogP contribution in [0.5, 0.6) is 11.5 Å². The second kappa shape index (κ2) is 7.17. The number of rotatable bonds is 4. The summed E-state index contributed by atoms with van der Waals surface area (Å²) in [5.74, 6) is 1.68. The normalized spacial score (nSPS) is 14.1. The molecule has 0 amide bonds. The molecule has 0 fully saturated rings. The van der Waals surface area contributed by atoms with Gasteiger partial charge in [-0.25, -0.2) is 4.98 Å². The highest BCUT2D eigenvalue weighted by atomic mass is 35.5. The summed E-state index contributed by atoms with van der Waals surface area (Å²) in [5, 5.41) is 0.633. The summed E-state index contributed by atoms with van der Waals surface area (Å²) < 4.78 is 10.9. The third kappa shape index (κ3) is 3.29. The predicted molar refractivity (Wildman–Crippen MR) is 91.1 cm³/mol. The molecule has 0 bridgehead atoms. The molecule has 0 aliphatic carbocycles. The number of benzene rings is 1. The van der Waals surface area contributed by atoms with Gasteiger partial charge >= 0.3 is 0 Å². The Balaban J connectivity index is 0.00000176. The van der Waals surface area contributed by atoms with Gasteiger partial charge in [-0.2, -0.15) is 0 Å². The fraction of sp³-hybridized carbons (Fsp3) is 0.400. The van der Waals surface area contributed by atoms with Crippen molar-refractivity contribution in [2.75, 3.05) is 26.5 Å². The van der Waals surface area contributed by atoms with Gasteiger partial charge in [0.25, 0.3) is 0 Å². The van der Waals surface area contributed by atoms with Crippen LogP contribution in [0.25, 0.3) is 0 Å². The lowest BCUT2D eigenvalue weighted by Gasteiger charge is -2.29. The number of thiazole rings is 1. The number of halogens is 1. The summed E-state index contributed by atoms with van der Waals surface area (Å²) >= 11 is 1.56. The second-order valence-electron chi connectivity index (χ2n) is 5.06. The van der Waals surface area contributed by atoms with Crippen LogP contribution in [0, 0.1) is 0 Å². The summed E-state index contributed by atoms with van der Waals surface area (Å²) in [6.07, 6.45) is 2.83. The van der Waals surface area contributed by atoms with Crippen LogP contribution in [0.2, 0.25) is 0 Å². The molecular formula is C15H20ClN3O2S. The topological polar surface area (TPSA) is 60.6 Å². The van der Waals surface area contributed by atoms with Crippen molar-refractivity contribution in [3.8, 4) is 11.5 Å². The Morgan fingerprint density at radius 2 is 2.14 bits per heavy atom. The highest BCUT2D eigenvalue weighted by molar-refractivity contribution is 7.15. The zero-order chi connectivity index (χ0) is 14.8. The Bertz CT molecular complexity index is 648. The molecule has 0 radical (unpaired) electrons. The van der Waals surface area contributed by atoms with Crippen LogP contribution in [-0.2, 0) is 19.5 Å². The fourth-order valence-electron chi connectivity index (χ4n) is 2.79. The van der Waals surface area contributed by atoms with Gasteiger partial charge in [0.2, 0.25) is 0 Å².